The van der Waals surface area contributed by atoms with Crippen molar-refractivity contribution in [2.24, 2.45) is 0 Å². The molecule has 0 bridgehead atoms. The van der Waals surface area contributed by atoms with Crippen LogP contribution in [-0.4, -0.2) is 24.8 Å². The monoisotopic (exact) mass is 293 g/mol. The average molecular weight is 293 g/mol. The normalized spacial score (nSPS) is 11.7. The van der Waals surface area contributed by atoms with Gasteiger partial charge in [0.2, 0.25) is 0 Å². The standard InChI is InChI=1S/C16H23NO4/c1-15(2,3)21-14(19)17-16(4,5)12-9-7-11(8-10-12)13(18)20-6/h7-10H,1-6H3,(H,17,19). The number of carbonyl (C=O) groups excluding carboxylic acids is 2. The lowest BCUT2D eigenvalue weighted by Crippen LogP contribution is -2.43. The number of benzene rings is 1. The maximum Gasteiger partial charge on any atom is 0.408 e. The highest BCUT2D eigenvalue weighted by Gasteiger charge is 2.26. The van der Waals surface area contributed by atoms with Gasteiger partial charge in [-0.05, 0) is 52.3 Å². The maximum absolute atomic E-state index is 11.9. The van der Waals surface area contributed by atoms with Crippen LogP contribution in [0.3, 0.4) is 0 Å². The fourth-order valence-electron chi connectivity index (χ4n) is 1.77. The Morgan fingerprint density at radius 2 is 1.52 bits per heavy atom. The van der Waals surface area contributed by atoms with Crippen molar-refractivity contribution in [3.8, 4) is 0 Å². The molecule has 1 rings (SSSR count). The zero-order valence-electron chi connectivity index (χ0n) is 13.4. The van der Waals surface area contributed by atoms with Crippen LogP contribution in [0.4, 0.5) is 4.79 Å². The van der Waals surface area contributed by atoms with E-state index >= 15 is 0 Å². The Bertz CT molecular complexity index is 512. The number of amides is 1. The highest BCUT2D eigenvalue weighted by molar-refractivity contribution is 5.89. The molecule has 0 aromatic heterocycles. The topological polar surface area (TPSA) is 64.6 Å². The molecule has 0 spiro atoms. The molecule has 1 amide bonds. The fourth-order valence-corrected chi connectivity index (χ4v) is 1.77. The van der Waals surface area contributed by atoms with Gasteiger partial charge in [-0.25, -0.2) is 9.59 Å². The van der Waals surface area contributed by atoms with Crippen LogP contribution in [-0.2, 0) is 15.0 Å². The first kappa shape index (κ1) is 17.0. The number of methoxy groups -OCH3 is 1. The molecule has 0 unspecified atom stereocenters. The van der Waals surface area contributed by atoms with Crippen LogP contribution in [0.25, 0.3) is 0 Å². The molecule has 0 fully saturated rings. The van der Waals surface area contributed by atoms with Gasteiger partial charge in [-0.1, -0.05) is 12.1 Å². The number of rotatable bonds is 3. The third-order valence-corrected chi connectivity index (χ3v) is 2.84. The van der Waals surface area contributed by atoms with Gasteiger partial charge in [0, 0.05) is 0 Å². The van der Waals surface area contributed by atoms with Crippen LogP contribution >= 0.6 is 0 Å². The van der Waals surface area contributed by atoms with E-state index in [0.29, 0.717) is 5.56 Å². The van der Waals surface area contributed by atoms with Crippen LogP contribution in [0.2, 0.25) is 0 Å². The second-order valence-corrected chi connectivity index (χ2v) is 6.32. The van der Waals surface area contributed by atoms with E-state index in [1.165, 1.54) is 7.11 Å². The highest BCUT2D eigenvalue weighted by atomic mass is 16.6. The van der Waals surface area contributed by atoms with Gasteiger partial charge in [0.05, 0.1) is 18.2 Å². The Morgan fingerprint density at radius 3 is 1.95 bits per heavy atom. The minimum absolute atomic E-state index is 0.389. The van der Waals surface area contributed by atoms with Gasteiger partial charge < -0.3 is 14.8 Å². The Hall–Kier alpha value is -2.04. The van der Waals surface area contributed by atoms with E-state index in [2.05, 4.69) is 10.1 Å². The largest absolute Gasteiger partial charge is 0.465 e. The van der Waals surface area contributed by atoms with Gasteiger partial charge in [0.1, 0.15) is 5.60 Å². The quantitative estimate of drug-likeness (QED) is 0.869. The van der Waals surface area contributed by atoms with E-state index in [1.54, 1.807) is 24.3 Å². The summed E-state index contributed by atoms with van der Waals surface area (Å²) in [6.45, 7) is 9.16. The Labute approximate surface area is 125 Å². The van der Waals surface area contributed by atoms with E-state index < -0.39 is 17.2 Å². The van der Waals surface area contributed by atoms with Crippen molar-refractivity contribution in [1.29, 1.82) is 0 Å². The summed E-state index contributed by atoms with van der Waals surface area (Å²) in [5, 5.41) is 2.81. The van der Waals surface area contributed by atoms with Gasteiger partial charge >= 0.3 is 12.1 Å². The number of carbonyl (C=O) groups is 2. The summed E-state index contributed by atoms with van der Waals surface area (Å²) in [7, 11) is 1.34. The molecule has 0 aliphatic heterocycles. The van der Waals surface area contributed by atoms with Gasteiger partial charge in [0.15, 0.2) is 0 Å². The summed E-state index contributed by atoms with van der Waals surface area (Å²) in [6.07, 6.45) is -0.482. The van der Waals surface area contributed by atoms with Crippen LogP contribution in [0.15, 0.2) is 24.3 Å². The van der Waals surface area contributed by atoms with E-state index in [-0.39, 0.29) is 5.97 Å². The summed E-state index contributed by atoms with van der Waals surface area (Å²) in [5.74, 6) is -0.389. The molecule has 116 valence electrons. The van der Waals surface area contributed by atoms with Crippen LogP contribution in [0.1, 0.15) is 50.5 Å². The van der Waals surface area contributed by atoms with E-state index in [1.807, 2.05) is 34.6 Å². The smallest absolute Gasteiger partial charge is 0.408 e. The molecule has 0 saturated heterocycles. The van der Waals surface area contributed by atoms with Crippen molar-refractivity contribution in [3.05, 3.63) is 35.4 Å². The first-order chi connectivity index (χ1) is 9.55. The molecule has 0 aliphatic carbocycles. The van der Waals surface area contributed by atoms with Gasteiger partial charge in [-0.3, -0.25) is 0 Å². The van der Waals surface area contributed by atoms with E-state index in [9.17, 15) is 9.59 Å². The van der Waals surface area contributed by atoms with Crippen molar-refractivity contribution < 1.29 is 19.1 Å². The number of alkyl carbamates (subject to hydrolysis) is 1. The molecule has 21 heavy (non-hydrogen) atoms. The molecule has 1 aromatic carbocycles. The number of nitrogens with one attached hydrogen (secondary N) is 1. The van der Waals surface area contributed by atoms with Gasteiger partial charge in [-0.2, -0.15) is 0 Å². The molecule has 0 aliphatic rings. The lowest BCUT2D eigenvalue weighted by molar-refractivity contribution is 0.0469. The lowest BCUT2D eigenvalue weighted by Gasteiger charge is -2.29. The summed E-state index contributed by atoms with van der Waals surface area (Å²) < 4.78 is 9.90. The second-order valence-electron chi connectivity index (χ2n) is 6.32. The Kier molecular flexibility index (Phi) is 4.99. The molecule has 5 heteroatoms. The predicted octanol–water partition coefficient (Wildman–Crippen LogP) is 3.23. The van der Waals surface area contributed by atoms with Crippen LogP contribution in [0, 0.1) is 0 Å². The Morgan fingerprint density at radius 1 is 1.00 bits per heavy atom. The van der Waals surface area contributed by atoms with Crippen molar-refractivity contribution in [2.45, 2.75) is 45.8 Å². The average Bonchev–Trinajstić information content (AvgIpc) is 2.35. The van der Waals surface area contributed by atoms with Crippen molar-refractivity contribution in [3.63, 3.8) is 0 Å². The second kappa shape index (κ2) is 6.16. The van der Waals surface area contributed by atoms with Crippen LogP contribution in [0.5, 0.6) is 0 Å². The summed E-state index contributed by atoms with van der Waals surface area (Å²) >= 11 is 0. The minimum Gasteiger partial charge on any atom is -0.465 e. The maximum atomic E-state index is 11.9. The zero-order valence-corrected chi connectivity index (χ0v) is 13.4. The Balaban J connectivity index is 2.83. The molecule has 0 radical (unpaired) electrons. The summed E-state index contributed by atoms with van der Waals surface area (Å²) in [5.41, 5.74) is 0.168. The summed E-state index contributed by atoms with van der Waals surface area (Å²) in [6, 6.07) is 6.90. The lowest BCUT2D eigenvalue weighted by atomic mass is 9.93. The van der Waals surface area contributed by atoms with Crippen molar-refractivity contribution >= 4 is 12.1 Å². The van der Waals surface area contributed by atoms with Gasteiger partial charge in [0.25, 0.3) is 0 Å². The van der Waals surface area contributed by atoms with Crippen molar-refractivity contribution in [2.75, 3.05) is 7.11 Å². The number of hydrogen-bond acceptors (Lipinski definition) is 4. The number of ether oxygens (including phenoxy) is 2. The molecule has 1 N–H and O–H groups in total. The molecule has 5 nitrogen and oxygen atoms in total. The van der Waals surface area contributed by atoms with E-state index in [0.717, 1.165) is 5.56 Å². The highest BCUT2D eigenvalue weighted by Crippen LogP contribution is 2.21. The minimum atomic E-state index is -0.614. The zero-order chi connectivity index (χ0) is 16.3. The van der Waals surface area contributed by atoms with Gasteiger partial charge in [-0.15, -0.1) is 0 Å². The van der Waals surface area contributed by atoms with Crippen LogP contribution < -0.4 is 5.32 Å². The fraction of sp³-hybridized carbons (Fsp3) is 0.500. The molecule has 0 atom stereocenters. The third-order valence-electron chi connectivity index (χ3n) is 2.84. The molecule has 0 heterocycles. The molecular formula is C16H23NO4. The number of hydrogen-bond donors (Lipinski definition) is 1. The summed E-state index contributed by atoms with van der Waals surface area (Å²) in [4.78, 5) is 23.3. The number of esters is 1. The molecule has 1 aromatic rings. The SMILES string of the molecule is COC(=O)c1ccc(C(C)(C)NC(=O)OC(C)(C)C)cc1. The first-order valence-corrected chi connectivity index (χ1v) is 6.75. The van der Waals surface area contributed by atoms with Crippen molar-refractivity contribution in [1.82, 2.24) is 5.32 Å². The molecule has 0 saturated carbocycles. The first-order valence-electron chi connectivity index (χ1n) is 6.75. The third kappa shape index (κ3) is 5.10. The molecular weight excluding hydrogens is 270 g/mol. The van der Waals surface area contributed by atoms with E-state index in [4.69, 9.17) is 4.74 Å². The predicted molar refractivity (Wildman–Crippen MR) is 80.2 cm³/mol.